The van der Waals surface area contributed by atoms with Crippen molar-refractivity contribution in [1.82, 2.24) is 4.98 Å². The zero-order valence-electron chi connectivity index (χ0n) is 14.5. The number of benzene rings is 2. The Labute approximate surface area is 165 Å². The maximum Gasteiger partial charge on any atom is 0.161 e. The fraction of sp³-hybridized carbons (Fsp3) is 0.263. The van der Waals surface area contributed by atoms with Crippen LogP contribution in [-0.2, 0) is 9.84 Å². The van der Waals surface area contributed by atoms with Crippen LogP contribution in [0.1, 0.15) is 5.56 Å². The van der Waals surface area contributed by atoms with Crippen LogP contribution < -0.4 is 4.90 Å². The lowest BCUT2D eigenvalue weighted by atomic mass is 10.1. The molecule has 5 nitrogen and oxygen atoms in total. The van der Waals surface area contributed by atoms with Gasteiger partial charge in [0.1, 0.15) is 5.01 Å². The highest BCUT2D eigenvalue weighted by Gasteiger charge is 2.48. The van der Waals surface area contributed by atoms with Crippen molar-refractivity contribution in [3.63, 3.8) is 0 Å². The van der Waals surface area contributed by atoms with E-state index in [1.807, 2.05) is 35.2 Å². The van der Waals surface area contributed by atoms with E-state index in [2.05, 4.69) is 19.1 Å². The molecular formula is C19H17N3O2S3. The SMILES string of the molecule is Cc1ccc2nc(-c3ccc(N4C(=N)S[C@@H]5CS(=O)(=O)C[C@H]54)cc3)sc2c1. The Morgan fingerprint density at radius 3 is 2.70 bits per heavy atom. The summed E-state index contributed by atoms with van der Waals surface area (Å²) in [5.41, 5.74) is 4.13. The Kier molecular flexibility index (Phi) is 3.86. The molecule has 138 valence electrons. The highest BCUT2D eigenvalue weighted by Crippen LogP contribution is 2.41. The van der Waals surface area contributed by atoms with E-state index in [9.17, 15) is 8.42 Å². The number of anilines is 1. The number of thioether (sulfide) groups is 1. The van der Waals surface area contributed by atoms with Gasteiger partial charge in [-0.15, -0.1) is 11.3 Å². The zero-order valence-corrected chi connectivity index (χ0v) is 17.0. The summed E-state index contributed by atoms with van der Waals surface area (Å²) in [6, 6.07) is 14.1. The number of aromatic nitrogens is 1. The summed E-state index contributed by atoms with van der Waals surface area (Å²) in [5.74, 6) is 0.302. The van der Waals surface area contributed by atoms with E-state index in [1.54, 1.807) is 11.3 Å². The van der Waals surface area contributed by atoms with Gasteiger partial charge in [0.15, 0.2) is 15.0 Å². The van der Waals surface area contributed by atoms with E-state index in [4.69, 9.17) is 10.4 Å². The van der Waals surface area contributed by atoms with Gasteiger partial charge >= 0.3 is 0 Å². The van der Waals surface area contributed by atoms with Gasteiger partial charge < -0.3 is 4.90 Å². The summed E-state index contributed by atoms with van der Waals surface area (Å²) in [4.78, 5) is 6.58. The second-order valence-electron chi connectivity index (χ2n) is 7.01. The van der Waals surface area contributed by atoms with Gasteiger partial charge in [-0.05, 0) is 48.9 Å². The lowest BCUT2D eigenvalue weighted by Crippen LogP contribution is -2.37. The van der Waals surface area contributed by atoms with Crippen molar-refractivity contribution in [2.75, 3.05) is 16.4 Å². The first-order chi connectivity index (χ1) is 12.9. The van der Waals surface area contributed by atoms with Crippen molar-refractivity contribution >= 4 is 54.0 Å². The minimum Gasteiger partial charge on any atom is -0.316 e. The van der Waals surface area contributed by atoms with Crippen molar-refractivity contribution in [3.05, 3.63) is 48.0 Å². The molecule has 0 radical (unpaired) electrons. The van der Waals surface area contributed by atoms with Crippen LogP contribution in [0.15, 0.2) is 42.5 Å². The zero-order chi connectivity index (χ0) is 18.8. The smallest absolute Gasteiger partial charge is 0.161 e. The molecule has 2 aliphatic heterocycles. The average Bonchev–Trinajstić information content (AvgIpc) is 3.23. The molecular weight excluding hydrogens is 398 g/mol. The molecule has 0 aliphatic carbocycles. The van der Waals surface area contributed by atoms with Crippen molar-refractivity contribution in [2.24, 2.45) is 0 Å². The van der Waals surface area contributed by atoms with Crippen molar-refractivity contribution in [2.45, 2.75) is 18.2 Å². The quantitative estimate of drug-likeness (QED) is 0.687. The van der Waals surface area contributed by atoms with Gasteiger partial charge in [0, 0.05) is 16.5 Å². The molecule has 0 unspecified atom stereocenters. The van der Waals surface area contributed by atoms with Crippen LogP contribution in [0.3, 0.4) is 0 Å². The van der Waals surface area contributed by atoms with Crippen molar-refractivity contribution in [1.29, 1.82) is 5.41 Å². The maximum atomic E-state index is 12.0. The summed E-state index contributed by atoms with van der Waals surface area (Å²) in [6.07, 6.45) is 0. The number of hydrogen-bond donors (Lipinski definition) is 1. The molecule has 1 aromatic heterocycles. The van der Waals surface area contributed by atoms with E-state index >= 15 is 0 Å². The van der Waals surface area contributed by atoms with E-state index < -0.39 is 9.84 Å². The fourth-order valence-corrected chi connectivity index (χ4v) is 8.59. The minimum absolute atomic E-state index is 0.0327. The molecule has 2 atom stereocenters. The van der Waals surface area contributed by atoms with Gasteiger partial charge in [-0.1, -0.05) is 17.8 Å². The summed E-state index contributed by atoms with van der Waals surface area (Å²) in [5, 5.41) is 9.63. The molecule has 3 aromatic rings. The van der Waals surface area contributed by atoms with Crippen LogP contribution in [0.5, 0.6) is 0 Å². The summed E-state index contributed by atoms with van der Waals surface area (Å²) in [6.45, 7) is 2.08. The number of nitrogens with one attached hydrogen (secondary N) is 1. The molecule has 2 aliphatic rings. The number of sulfone groups is 1. The summed E-state index contributed by atoms with van der Waals surface area (Å²) in [7, 11) is -3.01. The molecule has 5 rings (SSSR count). The normalized spacial score (nSPS) is 23.9. The predicted octanol–water partition coefficient (Wildman–Crippen LogP) is 3.93. The van der Waals surface area contributed by atoms with Crippen LogP contribution in [0.4, 0.5) is 5.69 Å². The number of hydrogen-bond acceptors (Lipinski definition) is 6. The largest absolute Gasteiger partial charge is 0.316 e. The van der Waals surface area contributed by atoms with E-state index in [1.165, 1.54) is 22.0 Å². The monoisotopic (exact) mass is 415 g/mol. The molecule has 0 bridgehead atoms. The topological polar surface area (TPSA) is 74.1 Å². The average molecular weight is 416 g/mol. The first-order valence-corrected chi connectivity index (χ1v) is 12.1. The third-order valence-electron chi connectivity index (χ3n) is 5.02. The van der Waals surface area contributed by atoms with E-state index in [0.29, 0.717) is 5.17 Å². The maximum absolute atomic E-state index is 12.0. The lowest BCUT2D eigenvalue weighted by molar-refractivity contribution is 0.601. The third kappa shape index (κ3) is 2.96. The number of nitrogens with zero attached hydrogens (tertiary/aromatic N) is 2. The Bertz CT molecular complexity index is 1170. The lowest BCUT2D eigenvalue weighted by Gasteiger charge is -2.24. The van der Waals surface area contributed by atoms with Crippen LogP contribution in [0.2, 0.25) is 0 Å². The molecule has 3 heterocycles. The second kappa shape index (κ2) is 6.05. The number of fused-ring (bicyclic) bond motifs is 2. The van der Waals surface area contributed by atoms with Gasteiger partial charge in [-0.2, -0.15) is 0 Å². The van der Waals surface area contributed by atoms with Gasteiger partial charge in [-0.3, -0.25) is 5.41 Å². The Hall–Kier alpha value is -1.90. The Morgan fingerprint density at radius 1 is 1.15 bits per heavy atom. The molecule has 2 fully saturated rings. The predicted molar refractivity (Wildman–Crippen MR) is 114 cm³/mol. The van der Waals surface area contributed by atoms with Gasteiger partial charge in [-0.25, -0.2) is 13.4 Å². The first-order valence-electron chi connectivity index (χ1n) is 8.62. The minimum atomic E-state index is -3.01. The summed E-state index contributed by atoms with van der Waals surface area (Å²) >= 11 is 3.03. The van der Waals surface area contributed by atoms with Gasteiger partial charge in [0.25, 0.3) is 0 Å². The second-order valence-corrected chi connectivity index (χ2v) is 11.4. The molecule has 0 amide bonds. The first kappa shape index (κ1) is 17.2. The molecule has 8 heteroatoms. The molecule has 0 saturated carbocycles. The fourth-order valence-electron chi connectivity index (χ4n) is 3.73. The molecule has 2 saturated heterocycles. The number of thiazole rings is 1. The van der Waals surface area contributed by atoms with E-state index in [-0.39, 0.29) is 22.8 Å². The Morgan fingerprint density at radius 2 is 1.93 bits per heavy atom. The van der Waals surface area contributed by atoms with E-state index in [0.717, 1.165) is 21.8 Å². The molecule has 0 spiro atoms. The number of aryl methyl sites for hydroxylation is 1. The van der Waals surface area contributed by atoms with Crippen LogP contribution >= 0.6 is 23.1 Å². The summed E-state index contributed by atoms with van der Waals surface area (Å²) < 4.78 is 25.1. The Balaban J connectivity index is 1.47. The van der Waals surface area contributed by atoms with Crippen LogP contribution in [0, 0.1) is 12.3 Å². The van der Waals surface area contributed by atoms with Crippen LogP contribution in [0.25, 0.3) is 20.8 Å². The third-order valence-corrected chi connectivity index (χ3v) is 9.22. The van der Waals surface area contributed by atoms with Crippen molar-refractivity contribution in [3.8, 4) is 10.6 Å². The van der Waals surface area contributed by atoms with Crippen LogP contribution in [-0.4, -0.2) is 41.4 Å². The van der Waals surface area contributed by atoms with Gasteiger partial charge in [0.2, 0.25) is 0 Å². The number of amidine groups is 1. The molecule has 27 heavy (non-hydrogen) atoms. The van der Waals surface area contributed by atoms with Gasteiger partial charge in [0.05, 0.1) is 27.8 Å². The molecule has 2 aromatic carbocycles. The number of rotatable bonds is 2. The highest BCUT2D eigenvalue weighted by atomic mass is 32.2. The van der Waals surface area contributed by atoms with Crippen molar-refractivity contribution < 1.29 is 8.42 Å². The standard InChI is InChI=1S/C19H17N3O2S3/c1-11-2-7-14-16(8-11)25-18(21-14)12-3-5-13(6-4-12)22-15-9-27(23,24)10-17(15)26-19(22)20/h2-8,15,17,20H,9-10H2,1H3/t15-,17-/m1/s1. The highest BCUT2D eigenvalue weighted by molar-refractivity contribution is 8.15. The molecule has 1 N–H and O–H groups in total.